The Morgan fingerprint density at radius 1 is 1.89 bits per heavy atom. The lowest BCUT2D eigenvalue weighted by atomic mass is 10.2. The topological polar surface area (TPSA) is 49.3 Å². The molecule has 0 radical (unpaired) electrons. The molecule has 0 aromatic rings. The van der Waals surface area contributed by atoms with Crippen LogP contribution in [-0.2, 0) is 4.79 Å². The van der Waals surface area contributed by atoms with Crippen molar-refractivity contribution in [1.29, 1.82) is 0 Å². The number of nitrogens with one attached hydrogen (secondary N) is 1. The van der Waals surface area contributed by atoms with E-state index in [1.807, 2.05) is 6.92 Å². The third-order valence-electron chi connectivity index (χ3n) is 2.14. The number of carbonyl (C=O) groups is 1. The maximum atomic E-state index is 10.5. The van der Waals surface area contributed by atoms with Gasteiger partial charge in [-0.3, -0.25) is 4.79 Å². The molecule has 9 heavy (non-hydrogen) atoms. The smallest absolute Gasteiger partial charge is 0.324 e. The molecular weight excluding hydrogens is 118 g/mol. The summed E-state index contributed by atoms with van der Waals surface area (Å²) in [6.45, 7) is 1.94. The van der Waals surface area contributed by atoms with Gasteiger partial charge in [-0.25, -0.2) is 0 Å². The second-order valence-corrected chi connectivity index (χ2v) is 2.63. The van der Waals surface area contributed by atoms with E-state index in [2.05, 4.69) is 5.32 Å². The first-order chi connectivity index (χ1) is 4.13. The molecule has 0 aromatic heterocycles. The Kier molecular flexibility index (Phi) is 1.24. The molecule has 0 spiro atoms. The number of likely N-dealkylation sites (N-methyl/N-ethyl adjacent to an activating group) is 1. The zero-order valence-electron chi connectivity index (χ0n) is 5.64. The van der Waals surface area contributed by atoms with Gasteiger partial charge in [0, 0.05) is 0 Å². The summed E-state index contributed by atoms with van der Waals surface area (Å²) >= 11 is 0. The summed E-state index contributed by atoms with van der Waals surface area (Å²) in [4.78, 5) is 10.5. The molecule has 0 heterocycles. The van der Waals surface area contributed by atoms with Crippen LogP contribution in [0.25, 0.3) is 0 Å². The molecule has 3 heteroatoms. The molecule has 52 valence electrons. The highest BCUT2D eigenvalue weighted by Crippen LogP contribution is 2.42. The lowest BCUT2D eigenvalue weighted by molar-refractivity contribution is -0.140. The molecule has 1 rings (SSSR count). The molecular formula is C6H11NO2. The van der Waals surface area contributed by atoms with Gasteiger partial charge < -0.3 is 10.4 Å². The van der Waals surface area contributed by atoms with Crippen LogP contribution in [0.2, 0.25) is 0 Å². The van der Waals surface area contributed by atoms with Crippen molar-refractivity contribution in [3.05, 3.63) is 0 Å². The van der Waals surface area contributed by atoms with Gasteiger partial charge in [0.15, 0.2) is 0 Å². The summed E-state index contributed by atoms with van der Waals surface area (Å²) in [5, 5.41) is 11.4. The van der Waals surface area contributed by atoms with Crippen LogP contribution in [-0.4, -0.2) is 23.7 Å². The molecule has 1 fully saturated rings. The minimum Gasteiger partial charge on any atom is -0.480 e. The van der Waals surface area contributed by atoms with E-state index in [0.717, 1.165) is 6.42 Å². The largest absolute Gasteiger partial charge is 0.480 e. The van der Waals surface area contributed by atoms with Crippen LogP contribution >= 0.6 is 0 Å². The maximum absolute atomic E-state index is 10.5. The molecule has 1 saturated carbocycles. The summed E-state index contributed by atoms with van der Waals surface area (Å²) in [5.41, 5.74) is -0.583. The molecule has 0 amide bonds. The van der Waals surface area contributed by atoms with E-state index in [0.29, 0.717) is 5.92 Å². The van der Waals surface area contributed by atoms with E-state index in [4.69, 9.17) is 5.11 Å². The fourth-order valence-electron chi connectivity index (χ4n) is 1.18. The zero-order chi connectivity index (χ0) is 7.07. The first-order valence-electron chi connectivity index (χ1n) is 3.06. The molecule has 2 N–H and O–H groups in total. The van der Waals surface area contributed by atoms with Gasteiger partial charge in [0.25, 0.3) is 0 Å². The van der Waals surface area contributed by atoms with Crippen molar-refractivity contribution in [2.75, 3.05) is 7.05 Å². The van der Waals surface area contributed by atoms with Crippen LogP contribution in [0.1, 0.15) is 13.3 Å². The quantitative estimate of drug-likeness (QED) is 0.554. The predicted molar refractivity (Wildman–Crippen MR) is 33.2 cm³/mol. The molecule has 0 aliphatic heterocycles. The van der Waals surface area contributed by atoms with Crippen molar-refractivity contribution in [1.82, 2.24) is 5.32 Å². The number of aliphatic carboxylic acids is 1. The molecule has 1 aliphatic carbocycles. The van der Waals surface area contributed by atoms with Crippen LogP contribution < -0.4 is 5.32 Å². The van der Waals surface area contributed by atoms with Gasteiger partial charge in [0.2, 0.25) is 0 Å². The van der Waals surface area contributed by atoms with Crippen LogP contribution in [0.5, 0.6) is 0 Å². The Hall–Kier alpha value is -0.570. The lowest BCUT2D eigenvalue weighted by Crippen LogP contribution is -2.38. The summed E-state index contributed by atoms with van der Waals surface area (Å²) in [6.07, 6.45) is 0.763. The van der Waals surface area contributed by atoms with Crippen molar-refractivity contribution in [3.8, 4) is 0 Å². The molecule has 3 nitrogen and oxygen atoms in total. The second kappa shape index (κ2) is 1.70. The van der Waals surface area contributed by atoms with Gasteiger partial charge >= 0.3 is 5.97 Å². The summed E-state index contributed by atoms with van der Waals surface area (Å²) < 4.78 is 0. The molecule has 2 atom stereocenters. The van der Waals surface area contributed by atoms with Gasteiger partial charge in [-0.15, -0.1) is 0 Å². The summed E-state index contributed by atoms with van der Waals surface area (Å²) in [6, 6.07) is 0. The van der Waals surface area contributed by atoms with E-state index in [-0.39, 0.29) is 0 Å². The minimum atomic E-state index is -0.725. The number of hydrogen-bond acceptors (Lipinski definition) is 2. The van der Waals surface area contributed by atoms with Crippen LogP contribution in [0, 0.1) is 5.92 Å². The predicted octanol–water partition coefficient (Wildman–Crippen LogP) is 0.0690. The SMILES string of the molecule is CNC1(C(=O)O)CC1C. The van der Waals surface area contributed by atoms with Crippen molar-refractivity contribution in [2.24, 2.45) is 5.92 Å². The highest BCUT2D eigenvalue weighted by atomic mass is 16.4. The first-order valence-corrected chi connectivity index (χ1v) is 3.06. The van der Waals surface area contributed by atoms with Crippen molar-refractivity contribution in [3.63, 3.8) is 0 Å². The minimum absolute atomic E-state index is 0.292. The van der Waals surface area contributed by atoms with Crippen LogP contribution in [0.3, 0.4) is 0 Å². The third-order valence-corrected chi connectivity index (χ3v) is 2.14. The zero-order valence-corrected chi connectivity index (χ0v) is 5.64. The monoisotopic (exact) mass is 129 g/mol. The van der Waals surface area contributed by atoms with E-state index in [9.17, 15) is 4.79 Å². The fourth-order valence-corrected chi connectivity index (χ4v) is 1.18. The average Bonchev–Trinajstić information content (AvgIpc) is 2.43. The number of carboxylic acids is 1. The standard InChI is InChI=1S/C6H11NO2/c1-4-3-6(4,7-2)5(8)9/h4,7H,3H2,1-2H3,(H,8,9). The van der Waals surface area contributed by atoms with Gasteiger partial charge in [0.05, 0.1) is 0 Å². The van der Waals surface area contributed by atoms with Gasteiger partial charge in [0.1, 0.15) is 5.54 Å². The summed E-state index contributed by atoms with van der Waals surface area (Å²) in [5.74, 6) is -0.433. The van der Waals surface area contributed by atoms with E-state index in [1.54, 1.807) is 7.05 Å². The van der Waals surface area contributed by atoms with E-state index >= 15 is 0 Å². The van der Waals surface area contributed by atoms with Gasteiger partial charge in [-0.05, 0) is 19.4 Å². The first kappa shape index (κ1) is 6.55. The van der Waals surface area contributed by atoms with Gasteiger partial charge in [-0.1, -0.05) is 6.92 Å². The average molecular weight is 129 g/mol. The number of rotatable bonds is 2. The summed E-state index contributed by atoms with van der Waals surface area (Å²) in [7, 11) is 1.69. The molecule has 1 aliphatic rings. The molecule has 0 saturated heterocycles. The Morgan fingerprint density at radius 3 is 2.33 bits per heavy atom. The normalized spacial score (nSPS) is 40.4. The number of carboxylic acid groups (broad SMARTS) is 1. The van der Waals surface area contributed by atoms with Crippen molar-refractivity contribution < 1.29 is 9.90 Å². The molecule has 0 bridgehead atoms. The van der Waals surface area contributed by atoms with Crippen molar-refractivity contribution >= 4 is 5.97 Å². The maximum Gasteiger partial charge on any atom is 0.324 e. The van der Waals surface area contributed by atoms with Gasteiger partial charge in [-0.2, -0.15) is 0 Å². The molecule has 0 aromatic carbocycles. The Balaban J connectivity index is 2.62. The Labute approximate surface area is 54.1 Å². The lowest BCUT2D eigenvalue weighted by Gasteiger charge is -2.07. The Bertz CT molecular complexity index is 142. The van der Waals surface area contributed by atoms with E-state index in [1.165, 1.54) is 0 Å². The second-order valence-electron chi connectivity index (χ2n) is 2.63. The Morgan fingerprint density at radius 2 is 2.33 bits per heavy atom. The highest BCUT2D eigenvalue weighted by molar-refractivity contribution is 5.83. The fraction of sp³-hybridized carbons (Fsp3) is 0.833. The number of hydrogen-bond donors (Lipinski definition) is 2. The van der Waals surface area contributed by atoms with E-state index < -0.39 is 11.5 Å². The van der Waals surface area contributed by atoms with Crippen molar-refractivity contribution in [2.45, 2.75) is 18.9 Å². The highest BCUT2D eigenvalue weighted by Gasteiger charge is 2.56. The van der Waals surface area contributed by atoms with Crippen LogP contribution in [0.4, 0.5) is 0 Å². The molecule has 2 unspecified atom stereocenters. The third kappa shape index (κ3) is 0.721. The van der Waals surface area contributed by atoms with Crippen LogP contribution in [0.15, 0.2) is 0 Å².